The lowest BCUT2D eigenvalue weighted by atomic mass is 10.2. The van der Waals surface area contributed by atoms with Crippen LogP contribution in [0, 0.1) is 18.3 Å². The number of hydrogen-bond acceptors (Lipinski definition) is 6. The van der Waals surface area contributed by atoms with Crippen LogP contribution < -0.4 is 5.32 Å². The van der Waals surface area contributed by atoms with Gasteiger partial charge in [-0.25, -0.2) is 0 Å². The summed E-state index contributed by atoms with van der Waals surface area (Å²) in [7, 11) is 0. The van der Waals surface area contributed by atoms with E-state index in [-0.39, 0.29) is 0 Å². The van der Waals surface area contributed by atoms with Gasteiger partial charge < -0.3 is 10.1 Å². The van der Waals surface area contributed by atoms with E-state index in [9.17, 15) is 0 Å². The highest BCUT2D eigenvalue weighted by Gasteiger charge is 2.33. The first-order valence-corrected chi connectivity index (χ1v) is 7.51. The predicted octanol–water partition coefficient (Wildman–Crippen LogP) is 1.60. The second-order valence-electron chi connectivity index (χ2n) is 5.23. The number of likely N-dealkylation sites (tertiary alicyclic amines) is 1. The fourth-order valence-electron chi connectivity index (χ4n) is 2.83. The second-order valence-corrected chi connectivity index (χ2v) is 6.00. The van der Waals surface area contributed by atoms with E-state index < -0.39 is 0 Å². The van der Waals surface area contributed by atoms with Crippen molar-refractivity contribution in [1.29, 1.82) is 5.26 Å². The van der Waals surface area contributed by atoms with Crippen LogP contribution in [0.3, 0.4) is 0 Å². The van der Waals surface area contributed by atoms with Crippen molar-refractivity contribution in [2.45, 2.75) is 32.0 Å². The molecule has 5 nitrogen and oxygen atoms in total. The maximum absolute atomic E-state index is 9.06. The number of hydrogen-bond donors (Lipinski definition) is 1. The molecule has 2 saturated heterocycles. The highest BCUT2D eigenvalue weighted by Crippen LogP contribution is 2.26. The lowest BCUT2D eigenvalue weighted by Crippen LogP contribution is -2.44. The van der Waals surface area contributed by atoms with Gasteiger partial charge in [-0.2, -0.15) is 9.64 Å². The van der Waals surface area contributed by atoms with E-state index >= 15 is 0 Å². The topological polar surface area (TPSA) is 61.2 Å². The van der Waals surface area contributed by atoms with Gasteiger partial charge in [0.15, 0.2) is 0 Å². The molecule has 2 aliphatic heterocycles. The maximum atomic E-state index is 9.06. The summed E-state index contributed by atoms with van der Waals surface area (Å²) in [5.74, 6) is 0. The summed E-state index contributed by atoms with van der Waals surface area (Å²) in [5, 5.41) is 13.3. The van der Waals surface area contributed by atoms with Crippen molar-refractivity contribution in [3.05, 3.63) is 11.3 Å². The average Bonchev–Trinajstić information content (AvgIpc) is 2.93. The summed E-state index contributed by atoms with van der Waals surface area (Å²) in [6.45, 7) is 5.82. The van der Waals surface area contributed by atoms with Crippen LogP contribution in [0.4, 0.5) is 5.00 Å². The van der Waals surface area contributed by atoms with E-state index in [0.29, 0.717) is 17.8 Å². The fraction of sp³-hybridized carbons (Fsp3) is 0.692. The zero-order valence-electron chi connectivity index (χ0n) is 11.1. The van der Waals surface area contributed by atoms with Gasteiger partial charge in [-0.1, -0.05) is 0 Å². The first-order chi connectivity index (χ1) is 9.26. The molecule has 19 heavy (non-hydrogen) atoms. The Hall–Kier alpha value is -1.16. The number of morpholine rings is 1. The normalized spacial score (nSPS) is 26.3. The number of aryl methyl sites for hydroxylation is 1. The van der Waals surface area contributed by atoms with Crippen molar-refractivity contribution in [1.82, 2.24) is 9.27 Å². The van der Waals surface area contributed by atoms with Crippen LogP contribution in [0.5, 0.6) is 0 Å². The van der Waals surface area contributed by atoms with Gasteiger partial charge in [-0.3, -0.25) is 4.90 Å². The monoisotopic (exact) mass is 278 g/mol. The Morgan fingerprint density at radius 3 is 2.89 bits per heavy atom. The minimum absolute atomic E-state index is 0.444. The van der Waals surface area contributed by atoms with Gasteiger partial charge >= 0.3 is 0 Å². The minimum Gasteiger partial charge on any atom is -0.373 e. The number of rotatable bonds is 4. The first kappa shape index (κ1) is 12.9. The molecule has 0 aromatic carbocycles. The molecule has 0 amide bonds. The van der Waals surface area contributed by atoms with E-state index in [1.807, 2.05) is 6.92 Å². The molecule has 102 valence electrons. The van der Waals surface area contributed by atoms with Crippen molar-refractivity contribution in [2.24, 2.45) is 0 Å². The standard InChI is InChI=1S/C13H18N4OS/c1-9-12(6-14)13(19-16-9)15-4-5-17-7-10-2-3-11(8-17)18-10/h10-11,15H,2-5,7-8H2,1H3. The molecule has 2 atom stereocenters. The summed E-state index contributed by atoms with van der Waals surface area (Å²) in [6.07, 6.45) is 3.31. The molecule has 3 rings (SSSR count). The van der Waals surface area contributed by atoms with Crippen LogP contribution >= 0.6 is 11.5 Å². The second kappa shape index (κ2) is 5.45. The van der Waals surface area contributed by atoms with Crippen molar-refractivity contribution in [2.75, 3.05) is 31.5 Å². The molecule has 0 aliphatic carbocycles. The van der Waals surface area contributed by atoms with Crippen LogP contribution in [0.15, 0.2) is 0 Å². The SMILES string of the molecule is Cc1nsc(NCCN2CC3CCC(C2)O3)c1C#N. The largest absolute Gasteiger partial charge is 0.373 e. The highest BCUT2D eigenvalue weighted by atomic mass is 32.1. The number of anilines is 1. The Bertz CT molecular complexity index is 483. The third kappa shape index (κ3) is 2.73. The molecule has 0 radical (unpaired) electrons. The number of ether oxygens (including phenoxy) is 1. The molecule has 1 aromatic rings. The van der Waals surface area contributed by atoms with Gasteiger partial charge in [0.25, 0.3) is 0 Å². The lowest BCUT2D eigenvalue weighted by molar-refractivity contribution is -0.0368. The van der Waals surface area contributed by atoms with E-state index in [2.05, 4.69) is 20.7 Å². The van der Waals surface area contributed by atoms with Gasteiger partial charge in [-0.05, 0) is 31.3 Å². The smallest absolute Gasteiger partial charge is 0.127 e. The Morgan fingerprint density at radius 1 is 1.47 bits per heavy atom. The van der Waals surface area contributed by atoms with Gasteiger partial charge in [0.05, 0.1) is 17.9 Å². The minimum atomic E-state index is 0.444. The third-order valence-corrected chi connectivity index (χ3v) is 4.70. The molecule has 2 fully saturated rings. The summed E-state index contributed by atoms with van der Waals surface area (Å²) in [4.78, 5) is 2.46. The molecule has 2 unspecified atom stereocenters. The van der Waals surface area contributed by atoms with Gasteiger partial charge in [0, 0.05) is 26.2 Å². The Kier molecular flexibility index (Phi) is 3.69. The summed E-state index contributed by atoms with van der Waals surface area (Å²) >= 11 is 1.37. The van der Waals surface area contributed by atoms with Crippen LogP contribution in [-0.4, -0.2) is 47.7 Å². The van der Waals surface area contributed by atoms with Crippen molar-refractivity contribution in [3.8, 4) is 6.07 Å². The van der Waals surface area contributed by atoms with Crippen molar-refractivity contribution < 1.29 is 4.74 Å². The molecule has 2 bridgehead atoms. The van der Waals surface area contributed by atoms with Crippen LogP contribution in [0.25, 0.3) is 0 Å². The molecule has 6 heteroatoms. The quantitative estimate of drug-likeness (QED) is 0.906. The van der Waals surface area contributed by atoms with E-state index in [4.69, 9.17) is 10.00 Å². The molecule has 3 heterocycles. The van der Waals surface area contributed by atoms with Crippen molar-refractivity contribution in [3.63, 3.8) is 0 Å². The highest BCUT2D eigenvalue weighted by molar-refractivity contribution is 7.10. The Labute approximate surface area is 117 Å². The molecular weight excluding hydrogens is 260 g/mol. The van der Waals surface area contributed by atoms with E-state index in [0.717, 1.165) is 36.9 Å². The molecule has 2 aliphatic rings. The van der Waals surface area contributed by atoms with E-state index in [1.54, 1.807) is 0 Å². The van der Waals surface area contributed by atoms with Crippen LogP contribution in [0.2, 0.25) is 0 Å². The zero-order chi connectivity index (χ0) is 13.2. The number of nitrogens with zero attached hydrogens (tertiary/aromatic N) is 3. The summed E-state index contributed by atoms with van der Waals surface area (Å²) < 4.78 is 10.0. The first-order valence-electron chi connectivity index (χ1n) is 6.74. The van der Waals surface area contributed by atoms with Crippen LogP contribution in [0.1, 0.15) is 24.1 Å². The van der Waals surface area contributed by atoms with Gasteiger partial charge in [-0.15, -0.1) is 0 Å². The molecular formula is C13H18N4OS. The number of fused-ring (bicyclic) bond motifs is 2. The Morgan fingerprint density at radius 2 is 2.21 bits per heavy atom. The maximum Gasteiger partial charge on any atom is 0.127 e. The fourth-order valence-corrected chi connectivity index (χ4v) is 3.60. The van der Waals surface area contributed by atoms with Gasteiger partial charge in [0.1, 0.15) is 16.6 Å². The Balaban J connectivity index is 1.49. The molecule has 0 saturated carbocycles. The molecule has 1 N–H and O–H groups in total. The number of nitriles is 1. The zero-order valence-corrected chi connectivity index (χ0v) is 11.9. The third-order valence-electron chi connectivity index (χ3n) is 3.81. The van der Waals surface area contributed by atoms with Gasteiger partial charge in [0.2, 0.25) is 0 Å². The predicted molar refractivity (Wildman–Crippen MR) is 74.4 cm³/mol. The number of nitrogens with one attached hydrogen (secondary N) is 1. The summed E-state index contributed by atoms with van der Waals surface area (Å²) in [5.41, 5.74) is 1.51. The molecule has 0 spiro atoms. The number of aromatic nitrogens is 1. The van der Waals surface area contributed by atoms with Crippen molar-refractivity contribution >= 4 is 16.5 Å². The molecule has 1 aromatic heterocycles. The van der Waals surface area contributed by atoms with Crippen LogP contribution in [-0.2, 0) is 4.74 Å². The average molecular weight is 278 g/mol. The summed E-state index contributed by atoms with van der Waals surface area (Å²) in [6, 6.07) is 2.21. The van der Waals surface area contributed by atoms with E-state index in [1.165, 1.54) is 24.4 Å². The lowest BCUT2D eigenvalue weighted by Gasteiger charge is -2.32.